The van der Waals surface area contributed by atoms with Crippen molar-refractivity contribution in [1.82, 2.24) is 35.0 Å². The van der Waals surface area contributed by atoms with Crippen LogP contribution in [0, 0.1) is 13.8 Å². The quantitative estimate of drug-likeness (QED) is 0.340. The molecule has 0 atom stereocenters. The molecule has 0 radical (unpaired) electrons. The normalized spacial score (nSPS) is 11.5. The second-order valence-electron chi connectivity index (χ2n) is 5.87. The molecule has 3 aromatic rings. The van der Waals surface area contributed by atoms with Gasteiger partial charge in [-0.2, -0.15) is 5.10 Å². The van der Waals surface area contributed by atoms with Gasteiger partial charge in [0.05, 0.1) is 18.8 Å². The average molecular weight is 468 g/mol. The number of aliphatic imine (C=N–C) groups is 1. The molecule has 9 heteroatoms. The maximum atomic E-state index is 4.68. The van der Waals surface area contributed by atoms with E-state index in [1.807, 2.05) is 54.4 Å². The second kappa shape index (κ2) is 8.97. The number of nitrogens with one attached hydrogen (secondary N) is 2. The largest absolute Gasteiger partial charge is 0.357 e. The van der Waals surface area contributed by atoms with Crippen LogP contribution in [0.4, 0.5) is 0 Å². The van der Waals surface area contributed by atoms with E-state index in [1.165, 1.54) is 0 Å². The number of fused-ring (bicyclic) bond motifs is 1. The van der Waals surface area contributed by atoms with Gasteiger partial charge in [-0.3, -0.25) is 9.08 Å². The number of aromatic nitrogens is 5. The van der Waals surface area contributed by atoms with Gasteiger partial charge in [-0.1, -0.05) is 6.07 Å². The van der Waals surface area contributed by atoms with Crippen LogP contribution in [-0.4, -0.2) is 36.9 Å². The van der Waals surface area contributed by atoms with Crippen molar-refractivity contribution in [2.75, 3.05) is 6.54 Å². The number of aryl methyl sites for hydroxylation is 2. The Morgan fingerprint density at radius 3 is 2.69 bits per heavy atom. The van der Waals surface area contributed by atoms with Crippen LogP contribution in [0.2, 0.25) is 0 Å². The number of halogens is 1. The van der Waals surface area contributed by atoms with E-state index in [0.29, 0.717) is 13.1 Å². The van der Waals surface area contributed by atoms with Gasteiger partial charge in [0.1, 0.15) is 0 Å². The Balaban J connectivity index is 0.00000243. The van der Waals surface area contributed by atoms with Crippen molar-refractivity contribution in [3.8, 4) is 0 Å². The van der Waals surface area contributed by atoms with Gasteiger partial charge in [0.25, 0.3) is 0 Å². The van der Waals surface area contributed by atoms with Gasteiger partial charge in [-0.25, -0.2) is 4.99 Å². The lowest BCUT2D eigenvalue weighted by Crippen LogP contribution is -2.37. The molecule has 0 aromatic carbocycles. The van der Waals surface area contributed by atoms with Crippen molar-refractivity contribution in [2.45, 2.75) is 33.9 Å². The Hall–Kier alpha value is -2.17. The highest BCUT2D eigenvalue weighted by Crippen LogP contribution is 2.12. The van der Waals surface area contributed by atoms with Crippen LogP contribution in [0.15, 0.2) is 29.4 Å². The molecule has 0 saturated carbocycles. The summed E-state index contributed by atoms with van der Waals surface area (Å²) in [6, 6.07) is 5.85. The zero-order valence-electron chi connectivity index (χ0n) is 15.5. The van der Waals surface area contributed by atoms with Crippen LogP contribution in [0.25, 0.3) is 5.65 Å². The van der Waals surface area contributed by atoms with Crippen molar-refractivity contribution in [1.29, 1.82) is 0 Å². The zero-order chi connectivity index (χ0) is 17.8. The lowest BCUT2D eigenvalue weighted by molar-refractivity contribution is 0.729. The minimum absolute atomic E-state index is 0. The first kappa shape index (κ1) is 20.1. The minimum atomic E-state index is 0. The Morgan fingerprint density at radius 2 is 2.00 bits per heavy atom. The highest BCUT2D eigenvalue weighted by atomic mass is 127. The van der Waals surface area contributed by atoms with Crippen LogP contribution in [0.5, 0.6) is 0 Å². The van der Waals surface area contributed by atoms with E-state index in [9.17, 15) is 0 Å². The lowest BCUT2D eigenvalue weighted by atomic mass is 10.2. The van der Waals surface area contributed by atoms with E-state index in [0.717, 1.165) is 40.9 Å². The third kappa shape index (κ3) is 4.32. The molecular formula is C17H25IN8. The highest BCUT2D eigenvalue weighted by Gasteiger charge is 2.10. The summed E-state index contributed by atoms with van der Waals surface area (Å²) in [4.78, 5) is 4.68. The predicted molar refractivity (Wildman–Crippen MR) is 113 cm³/mol. The number of nitrogens with zero attached hydrogens (tertiary/aromatic N) is 6. The van der Waals surface area contributed by atoms with Gasteiger partial charge in [0.2, 0.25) is 0 Å². The van der Waals surface area contributed by atoms with Crippen LogP contribution < -0.4 is 10.6 Å². The fourth-order valence-electron chi connectivity index (χ4n) is 2.72. The molecule has 3 rings (SSSR count). The zero-order valence-corrected chi connectivity index (χ0v) is 17.9. The Morgan fingerprint density at radius 1 is 1.19 bits per heavy atom. The number of hydrogen-bond acceptors (Lipinski definition) is 4. The highest BCUT2D eigenvalue weighted by molar-refractivity contribution is 14.0. The number of rotatable bonds is 5. The molecule has 0 unspecified atom stereocenters. The Kier molecular flexibility index (Phi) is 6.95. The molecule has 3 heterocycles. The molecular weight excluding hydrogens is 443 g/mol. The average Bonchev–Trinajstić information content (AvgIpc) is 3.12. The third-order valence-electron chi connectivity index (χ3n) is 4.20. The summed E-state index contributed by atoms with van der Waals surface area (Å²) in [7, 11) is 1.95. The summed E-state index contributed by atoms with van der Waals surface area (Å²) >= 11 is 0. The summed E-state index contributed by atoms with van der Waals surface area (Å²) in [6.07, 6.45) is 1.96. The maximum absolute atomic E-state index is 4.68. The van der Waals surface area contributed by atoms with Crippen molar-refractivity contribution < 1.29 is 0 Å². The van der Waals surface area contributed by atoms with Crippen LogP contribution in [-0.2, 0) is 20.1 Å². The molecule has 0 aliphatic rings. The molecule has 0 saturated heterocycles. The number of pyridine rings is 1. The first-order chi connectivity index (χ1) is 12.1. The molecule has 0 fully saturated rings. The van der Waals surface area contributed by atoms with Crippen LogP contribution in [0.3, 0.4) is 0 Å². The molecule has 0 aliphatic carbocycles. The van der Waals surface area contributed by atoms with E-state index < -0.39 is 0 Å². The molecule has 0 aliphatic heterocycles. The van der Waals surface area contributed by atoms with E-state index in [2.05, 4.69) is 37.8 Å². The fourth-order valence-corrected chi connectivity index (χ4v) is 2.72. The van der Waals surface area contributed by atoms with Crippen LogP contribution >= 0.6 is 24.0 Å². The first-order valence-corrected chi connectivity index (χ1v) is 8.40. The summed E-state index contributed by atoms with van der Waals surface area (Å²) in [5.41, 5.74) is 4.15. The standard InChI is InChI=1S/C17H24N8.HI/c1-5-18-17(19-10-14-12(2)23-24(4)13(14)3)20-11-16-22-21-15-8-6-7-9-25(15)16;/h6-9H,5,10-11H2,1-4H3,(H2,18,19,20);1H. The predicted octanol–water partition coefficient (Wildman–Crippen LogP) is 1.95. The monoisotopic (exact) mass is 468 g/mol. The molecule has 0 bridgehead atoms. The van der Waals surface area contributed by atoms with Crippen LogP contribution in [0.1, 0.15) is 29.7 Å². The molecule has 0 spiro atoms. The Bertz CT molecular complexity index is 895. The van der Waals surface area contributed by atoms with Gasteiger partial charge < -0.3 is 10.6 Å². The molecule has 8 nitrogen and oxygen atoms in total. The Labute approximate surface area is 170 Å². The van der Waals surface area contributed by atoms with E-state index in [4.69, 9.17) is 0 Å². The second-order valence-corrected chi connectivity index (χ2v) is 5.87. The third-order valence-corrected chi connectivity index (χ3v) is 4.20. The van der Waals surface area contributed by atoms with Gasteiger partial charge in [-0.15, -0.1) is 34.2 Å². The number of guanidine groups is 1. The van der Waals surface area contributed by atoms with Gasteiger partial charge >= 0.3 is 0 Å². The molecule has 140 valence electrons. The van der Waals surface area contributed by atoms with Gasteiger partial charge in [0, 0.05) is 31.0 Å². The van der Waals surface area contributed by atoms with Crippen molar-refractivity contribution in [2.24, 2.45) is 12.0 Å². The number of hydrogen-bond donors (Lipinski definition) is 2. The van der Waals surface area contributed by atoms with E-state index in [1.54, 1.807) is 0 Å². The smallest absolute Gasteiger partial charge is 0.191 e. The fraction of sp³-hybridized carbons (Fsp3) is 0.412. The molecule has 0 amide bonds. The van der Waals surface area contributed by atoms with Gasteiger partial charge in [0.15, 0.2) is 17.4 Å². The van der Waals surface area contributed by atoms with Gasteiger partial charge in [-0.05, 0) is 32.9 Å². The molecule has 3 aromatic heterocycles. The molecule has 26 heavy (non-hydrogen) atoms. The SMILES string of the molecule is CCNC(=NCc1c(C)nn(C)c1C)NCc1nnc2ccccn12.I. The summed E-state index contributed by atoms with van der Waals surface area (Å²) < 4.78 is 3.86. The molecule has 2 N–H and O–H groups in total. The van der Waals surface area contributed by atoms with E-state index in [-0.39, 0.29) is 24.0 Å². The topological polar surface area (TPSA) is 84.4 Å². The summed E-state index contributed by atoms with van der Waals surface area (Å²) in [6.45, 7) is 8.04. The minimum Gasteiger partial charge on any atom is -0.357 e. The summed E-state index contributed by atoms with van der Waals surface area (Å²) in [5.74, 6) is 1.59. The van der Waals surface area contributed by atoms with E-state index >= 15 is 0 Å². The van der Waals surface area contributed by atoms with Crippen molar-refractivity contribution >= 4 is 35.6 Å². The lowest BCUT2D eigenvalue weighted by Gasteiger charge is -2.10. The van der Waals surface area contributed by atoms with Crippen molar-refractivity contribution in [3.63, 3.8) is 0 Å². The first-order valence-electron chi connectivity index (χ1n) is 8.40. The summed E-state index contributed by atoms with van der Waals surface area (Å²) in [5, 5.41) is 19.4. The van der Waals surface area contributed by atoms with Crippen molar-refractivity contribution in [3.05, 3.63) is 47.2 Å². The maximum Gasteiger partial charge on any atom is 0.191 e.